The Morgan fingerprint density at radius 3 is 3.00 bits per heavy atom. The Labute approximate surface area is 97.6 Å². The standard InChI is InChI=1S/C10H13N2O.Re/c1-10(2)6-11-8-4-3-7(5-13)12-9(8)10;/h4,11,13H,5-6H2,1-2H3;/q-1;. The van der Waals surface area contributed by atoms with Crippen molar-refractivity contribution in [3.63, 3.8) is 0 Å². The van der Waals surface area contributed by atoms with Gasteiger partial charge in [-0.25, -0.2) is 12.1 Å². The molecule has 0 saturated carbocycles. The van der Waals surface area contributed by atoms with E-state index in [0.717, 1.165) is 17.9 Å². The van der Waals surface area contributed by atoms with E-state index >= 15 is 0 Å². The second-order valence-electron chi connectivity index (χ2n) is 4.01. The number of rotatable bonds is 1. The van der Waals surface area contributed by atoms with Crippen molar-refractivity contribution in [2.45, 2.75) is 25.9 Å². The number of aliphatic hydroxyl groups is 1. The zero-order chi connectivity index (χ0) is 9.47. The third-order valence-corrected chi connectivity index (χ3v) is 2.40. The summed E-state index contributed by atoms with van der Waals surface area (Å²) >= 11 is 0. The Morgan fingerprint density at radius 1 is 1.64 bits per heavy atom. The first kappa shape index (κ1) is 11.6. The molecule has 2 heterocycles. The number of nitrogens with zero attached hydrogens (tertiary/aromatic N) is 1. The van der Waals surface area contributed by atoms with E-state index in [4.69, 9.17) is 5.11 Å². The average molecular weight is 363 g/mol. The van der Waals surface area contributed by atoms with Gasteiger partial charge in [-0.15, -0.1) is 0 Å². The van der Waals surface area contributed by atoms with Crippen LogP contribution in [-0.4, -0.2) is 16.6 Å². The molecule has 1 radical (unpaired) electrons. The Kier molecular flexibility index (Phi) is 3.31. The number of pyridine rings is 1. The molecule has 1 aromatic rings. The van der Waals surface area contributed by atoms with Crippen molar-refractivity contribution in [2.24, 2.45) is 0 Å². The number of anilines is 1. The van der Waals surface area contributed by atoms with Crippen LogP contribution in [-0.2, 0) is 32.4 Å². The van der Waals surface area contributed by atoms with Crippen LogP contribution in [0.5, 0.6) is 0 Å². The molecular formula is C10H13N2ORe-. The second kappa shape index (κ2) is 3.98. The molecule has 0 spiro atoms. The SMILES string of the molecule is CC1(C)CNc2c[c-]c(CO)nc21.[Re]. The number of aliphatic hydroxyl groups excluding tert-OH is 1. The van der Waals surface area contributed by atoms with E-state index in [1.807, 2.05) is 6.07 Å². The molecule has 77 valence electrons. The predicted octanol–water partition coefficient (Wildman–Crippen LogP) is 1.07. The number of hydrogen-bond acceptors (Lipinski definition) is 3. The number of aromatic nitrogens is 1. The normalized spacial score (nSPS) is 16.8. The van der Waals surface area contributed by atoms with Gasteiger partial charge in [0.25, 0.3) is 0 Å². The summed E-state index contributed by atoms with van der Waals surface area (Å²) in [6.45, 7) is 5.14. The van der Waals surface area contributed by atoms with E-state index in [9.17, 15) is 0 Å². The third-order valence-electron chi connectivity index (χ3n) is 2.40. The van der Waals surface area contributed by atoms with Gasteiger partial charge in [-0.1, -0.05) is 19.5 Å². The zero-order valence-electron chi connectivity index (χ0n) is 8.26. The predicted molar refractivity (Wildman–Crippen MR) is 50.5 cm³/mol. The van der Waals surface area contributed by atoms with Gasteiger partial charge in [0.1, 0.15) is 0 Å². The van der Waals surface area contributed by atoms with Gasteiger partial charge >= 0.3 is 0 Å². The molecular weight excluding hydrogens is 350 g/mol. The minimum Gasteiger partial charge on any atom is -0.459 e. The van der Waals surface area contributed by atoms with Crippen LogP contribution in [0.1, 0.15) is 25.2 Å². The third kappa shape index (κ3) is 1.83. The number of fused-ring (bicyclic) bond motifs is 1. The molecule has 4 heteroatoms. The van der Waals surface area contributed by atoms with E-state index < -0.39 is 0 Å². The van der Waals surface area contributed by atoms with Crippen molar-refractivity contribution in [1.29, 1.82) is 0 Å². The van der Waals surface area contributed by atoms with E-state index in [0.29, 0.717) is 5.69 Å². The van der Waals surface area contributed by atoms with Crippen LogP contribution in [0.4, 0.5) is 5.69 Å². The summed E-state index contributed by atoms with van der Waals surface area (Å²) in [5.74, 6) is 0. The van der Waals surface area contributed by atoms with Crippen LogP contribution in [0.3, 0.4) is 0 Å². The monoisotopic (exact) mass is 364 g/mol. The molecule has 3 nitrogen and oxygen atoms in total. The van der Waals surface area contributed by atoms with Crippen LogP contribution in [0, 0.1) is 6.07 Å². The summed E-state index contributed by atoms with van der Waals surface area (Å²) in [5.41, 5.74) is 2.77. The van der Waals surface area contributed by atoms with Gasteiger partial charge in [0, 0.05) is 32.4 Å². The molecule has 0 atom stereocenters. The van der Waals surface area contributed by atoms with Gasteiger partial charge in [-0.3, -0.25) is 4.98 Å². The average Bonchev–Trinajstić information content (AvgIpc) is 2.42. The van der Waals surface area contributed by atoms with Gasteiger partial charge in [-0.2, -0.15) is 0 Å². The van der Waals surface area contributed by atoms with Crippen molar-refractivity contribution in [2.75, 3.05) is 11.9 Å². The smallest absolute Gasteiger partial charge is 0.0675 e. The van der Waals surface area contributed by atoms with Crippen molar-refractivity contribution < 1.29 is 25.5 Å². The first-order valence-electron chi connectivity index (χ1n) is 4.40. The van der Waals surface area contributed by atoms with E-state index in [2.05, 4.69) is 30.2 Å². The first-order valence-corrected chi connectivity index (χ1v) is 4.40. The molecule has 0 bridgehead atoms. The molecule has 1 aliphatic heterocycles. The van der Waals surface area contributed by atoms with Crippen LogP contribution in [0.15, 0.2) is 6.07 Å². The van der Waals surface area contributed by atoms with Gasteiger partial charge in [-0.05, 0) is 11.4 Å². The first-order chi connectivity index (χ1) is 6.13. The molecule has 0 amide bonds. The maximum absolute atomic E-state index is 8.92. The van der Waals surface area contributed by atoms with Crippen molar-refractivity contribution in [3.05, 3.63) is 23.5 Å². The number of hydrogen-bond donors (Lipinski definition) is 2. The zero-order valence-corrected chi connectivity index (χ0v) is 11.0. The summed E-state index contributed by atoms with van der Waals surface area (Å²) in [7, 11) is 0. The number of nitrogens with one attached hydrogen (secondary N) is 1. The van der Waals surface area contributed by atoms with Crippen LogP contribution >= 0.6 is 0 Å². The minimum absolute atomic E-state index is 0. The molecule has 2 rings (SSSR count). The van der Waals surface area contributed by atoms with Crippen molar-refractivity contribution >= 4 is 5.69 Å². The van der Waals surface area contributed by atoms with Crippen LogP contribution in [0.2, 0.25) is 0 Å². The van der Waals surface area contributed by atoms with Crippen molar-refractivity contribution in [1.82, 2.24) is 4.98 Å². The summed E-state index contributed by atoms with van der Waals surface area (Å²) in [4.78, 5) is 4.36. The fraction of sp³-hybridized carbons (Fsp3) is 0.500. The van der Waals surface area contributed by atoms with Crippen molar-refractivity contribution in [3.8, 4) is 0 Å². The molecule has 1 aliphatic rings. The topological polar surface area (TPSA) is 45.1 Å². The summed E-state index contributed by atoms with van der Waals surface area (Å²) in [6.07, 6.45) is 0. The molecule has 14 heavy (non-hydrogen) atoms. The van der Waals surface area contributed by atoms with Gasteiger partial charge < -0.3 is 10.4 Å². The molecule has 0 aliphatic carbocycles. The van der Waals surface area contributed by atoms with E-state index in [1.54, 1.807) is 0 Å². The molecule has 0 aromatic carbocycles. The van der Waals surface area contributed by atoms with E-state index in [1.165, 1.54) is 0 Å². The molecule has 1 aromatic heterocycles. The van der Waals surface area contributed by atoms with Gasteiger partial charge in [0.15, 0.2) is 0 Å². The Bertz CT molecular complexity index is 339. The molecule has 0 fully saturated rings. The largest absolute Gasteiger partial charge is 0.459 e. The maximum atomic E-state index is 8.92. The van der Waals surface area contributed by atoms with Crippen LogP contribution < -0.4 is 5.32 Å². The van der Waals surface area contributed by atoms with Crippen LogP contribution in [0.25, 0.3) is 0 Å². The van der Waals surface area contributed by atoms with Gasteiger partial charge in [0.05, 0.1) is 6.61 Å². The minimum atomic E-state index is -0.0383. The quantitative estimate of drug-likeness (QED) is 0.734. The fourth-order valence-corrected chi connectivity index (χ4v) is 1.58. The Hall–Kier alpha value is -0.428. The summed E-state index contributed by atoms with van der Waals surface area (Å²) in [6, 6.07) is 4.80. The Morgan fingerprint density at radius 2 is 2.36 bits per heavy atom. The maximum Gasteiger partial charge on any atom is 0.0675 e. The van der Waals surface area contributed by atoms with E-state index in [-0.39, 0.29) is 32.4 Å². The Balaban J connectivity index is 0.000000980. The summed E-state index contributed by atoms with van der Waals surface area (Å²) < 4.78 is 0. The second-order valence-corrected chi connectivity index (χ2v) is 4.01. The molecule has 0 saturated heterocycles. The summed E-state index contributed by atoms with van der Waals surface area (Å²) in [5, 5.41) is 12.2. The molecule has 0 unspecified atom stereocenters. The van der Waals surface area contributed by atoms with Gasteiger partial charge in [0.2, 0.25) is 0 Å². The molecule has 2 N–H and O–H groups in total. The fourth-order valence-electron chi connectivity index (χ4n) is 1.58.